The molecule has 0 saturated heterocycles. The second kappa shape index (κ2) is 4.05. The van der Waals surface area contributed by atoms with Crippen molar-refractivity contribution in [2.45, 2.75) is 26.7 Å². The molecule has 1 aliphatic rings. The van der Waals surface area contributed by atoms with Crippen LogP contribution in [0.25, 0.3) is 0 Å². The number of nitrogen functional groups attached to an aromatic ring is 1. The summed E-state index contributed by atoms with van der Waals surface area (Å²) in [5, 5.41) is 5.29. The lowest BCUT2D eigenvalue weighted by Gasteiger charge is -2.05. The highest BCUT2D eigenvalue weighted by molar-refractivity contribution is 7.13. The fourth-order valence-corrected chi connectivity index (χ4v) is 2.36. The van der Waals surface area contributed by atoms with E-state index in [-0.39, 0.29) is 5.91 Å². The van der Waals surface area contributed by atoms with Gasteiger partial charge in [0.1, 0.15) is 0 Å². The van der Waals surface area contributed by atoms with E-state index in [0.29, 0.717) is 22.9 Å². The third-order valence-electron chi connectivity index (χ3n) is 3.17. The Hall–Kier alpha value is -1.10. The molecule has 1 amide bonds. The zero-order valence-corrected chi connectivity index (χ0v) is 10.4. The van der Waals surface area contributed by atoms with Crippen molar-refractivity contribution >= 4 is 22.4 Å². The molecule has 1 aromatic rings. The van der Waals surface area contributed by atoms with Crippen LogP contribution in [0.5, 0.6) is 0 Å². The van der Waals surface area contributed by atoms with Crippen LogP contribution in [0.3, 0.4) is 0 Å². The lowest BCUT2D eigenvalue weighted by atomic mass is 10.1. The molecule has 1 aromatic heterocycles. The molecule has 4 nitrogen and oxygen atoms in total. The average molecular weight is 239 g/mol. The van der Waals surface area contributed by atoms with Gasteiger partial charge in [0, 0.05) is 11.9 Å². The Kier molecular flexibility index (Phi) is 2.88. The van der Waals surface area contributed by atoms with Crippen LogP contribution in [0.1, 0.15) is 26.0 Å². The predicted molar refractivity (Wildman–Crippen MR) is 65.1 cm³/mol. The van der Waals surface area contributed by atoms with Crippen molar-refractivity contribution in [1.29, 1.82) is 0 Å². The predicted octanol–water partition coefficient (Wildman–Crippen LogP) is 1.43. The van der Waals surface area contributed by atoms with Gasteiger partial charge >= 0.3 is 0 Å². The summed E-state index contributed by atoms with van der Waals surface area (Å²) >= 11 is 1.37. The van der Waals surface area contributed by atoms with Gasteiger partial charge in [0.2, 0.25) is 5.91 Å². The van der Waals surface area contributed by atoms with E-state index in [1.807, 2.05) is 5.38 Å². The zero-order valence-electron chi connectivity index (χ0n) is 9.62. The summed E-state index contributed by atoms with van der Waals surface area (Å²) in [5.74, 6) is 0.671. The molecule has 2 rings (SSSR count). The van der Waals surface area contributed by atoms with Crippen LogP contribution < -0.4 is 11.1 Å². The Bertz CT molecular complexity index is 400. The van der Waals surface area contributed by atoms with E-state index in [0.717, 1.165) is 12.2 Å². The van der Waals surface area contributed by atoms with Gasteiger partial charge in [-0.2, -0.15) is 0 Å². The second-order valence-corrected chi connectivity index (χ2v) is 5.94. The topological polar surface area (TPSA) is 68.0 Å². The average Bonchev–Trinajstić information content (AvgIpc) is 2.57. The molecule has 1 unspecified atom stereocenters. The van der Waals surface area contributed by atoms with Crippen molar-refractivity contribution in [3.05, 3.63) is 11.1 Å². The molecule has 0 aliphatic heterocycles. The van der Waals surface area contributed by atoms with Crippen molar-refractivity contribution in [3.63, 3.8) is 0 Å². The molecule has 1 fully saturated rings. The van der Waals surface area contributed by atoms with Crippen LogP contribution in [0.4, 0.5) is 5.13 Å². The molecule has 0 radical (unpaired) electrons. The number of carbonyl (C=O) groups excluding carboxylic acids is 1. The summed E-state index contributed by atoms with van der Waals surface area (Å²) in [7, 11) is 0. The first-order valence-corrected chi connectivity index (χ1v) is 6.32. The Morgan fingerprint density at radius 3 is 2.94 bits per heavy atom. The SMILES string of the molecule is CC1(C)CC1CNC(=O)Cc1csc(N)n1. The number of carbonyl (C=O) groups is 1. The van der Waals surface area contributed by atoms with Gasteiger partial charge in [-0.15, -0.1) is 11.3 Å². The van der Waals surface area contributed by atoms with Gasteiger partial charge in [0.05, 0.1) is 12.1 Å². The van der Waals surface area contributed by atoms with Gasteiger partial charge < -0.3 is 11.1 Å². The highest BCUT2D eigenvalue weighted by atomic mass is 32.1. The summed E-state index contributed by atoms with van der Waals surface area (Å²) < 4.78 is 0. The molecule has 3 N–H and O–H groups in total. The van der Waals surface area contributed by atoms with E-state index in [2.05, 4.69) is 24.1 Å². The monoisotopic (exact) mass is 239 g/mol. The number of anilines is 1. The van der Waals surface area contributed by atoms with E-state index in [4.69, 9.17) is 5.73 Å². The van der Waals surface area contributed by atoms with Crippen LogP contribution >= 0.6 is 11.3 Å². The minimum Gasteiger partial charge on any atom is -0.375 e. The Morgan fingerprint density at radius 2 is 2.44 bits per heavy atom. The number of nitrogens with two attached hydrogens (primary N) is 1. The number of hydrogen-bond donors (Lipinski definition) is 2. The summed E-state index contributed by atoms with van der Waals surface area (Å²) in [5.41, 5.74) is 6.67. The van der Waals surface area contributed by atoms with Crippen LogP contribution in [-0.2, 0) is 11.2 Å². The number of rotatable bonds is 4. The first-order valence-electron chi connectivity index (χ1n) is 5.44. The third kappa shape index (κ3) is 2.72. The maximum Gasteiger partial charge on any atom is 0.226 e. The lowest BCUT2D eigenvalue weighted by Crippen LogP contribution is -2.28. The number of amides is 1. The van der Waals surface area contributed by atoms with Crippen LogP contribution in [0.2, 0.25) is 0 Å². The van der Waals surface area contributed by atoms with Crippen molar-refractivity contribution in [2.24, 2.45) is 11.3 Å². The van der Waals surface area contributed by atoms with Crippen LogP contribution in [-0.4, -0.2) is 17.4 Å². The van der Waals surface area contributed by atoms with Crippen LogP contribution in [0.15, 0.2) is 5.38 Å². The van der Waals surface area contributed by atoms with Crippen molar-refractivity contribution in [3.8, 4) is 0 Å². The Balaban J connectivity index is 1.73. The van der Waals surface area contributed by atoms with Gasteiger partial charge in [-0.25, -0.2) is 4.98 Å². The number of nitrogens with zero attached hydrogens (tertiary/aromatic N) is 1. The van der Waals surface area contributed by atoms with Crippen molar-refractivity contribution in [2.75, 3.05) is 12.3 Å². The minimum absolute atomic E-state index is 0.0352. The van der Waals surface area contributed by atoms with E-state index in [9.17, 15) is 4.79 Å². The highest BCUT2D eigenvalue weighted by Gasteiger charge is 2.45. The van der Waals surface area contributed by atoms with Crippen LogP contribution in [0, 0.1) is 11.3 Å². The summed E-state index contributed by atoms with van der Waals surface area (Å²) in [6, 6.07) is 0. The number of thiazole rings is 1. The molecule has 16 heavy (non-hydrogen) atoms. The largest absolute Gasteiger partial charge is 0.375 e. The zero-order chi connectivity index (χ0) is 11.8. The van der Waals surface area contributed by atoms with E-state index < -0.39 is 0 Å². The van der Waals surface area contributed by atoms with Gasteiger partial charge in [0.15, 0.2) is 5.13 Å². The Labute approximate surface area is 99.3 Å². The quantitative estimate of drug-likeness (QED) is 0.835. The molecule has 0 bridgehead atoms. The molecule has 1 aliphatic carbocycles. The van der Waals surface area contributed by atoms with E-state index in [1.54, 1.807) is 0 Å². The van der Waals surface area contributed by atoms with Gasteiger partial charge in [-0.1, -0.05) is 13.8 Å². The molecule has 1 saturated carbocycles. The molecule has 5 heteroatoms. The highest BCUT2D eigenvalue weighted by Crippen LogP contribution is 2.50. The second-order valence-electron chi connectivity index (χ2n) is 5.05. The molecule has 1 atom stereocenters. The van der Waals surface area contributed by atoms with E-state index >= 15 is 0 Å². The molecule has 0 aromatic carbocycles. The third-order valence-corrected chi connectivity index (χ3v) is 3.90. The van der Waals surface area contributed by atoms with Crippen molar-refractivity contribution < 1.29 is 4.79 Å². The first-order chi connectivity index (χ1) is 7.47. The number of nitrogens with one attached hydrogen (secondary N) is 1. The fourth-order valence-electron chi connectivity index (χ4n) is 1.79. The standard InChI is InChI=1S/C11H17N3OS/c1-11(2)4-7(11)5-13-9(15)3-8-6-16-10(12)14-8/h6-7H,3-5H2,1-2H3,(H2,12,14)(H,13,15). The maximum absolute atomic E-state index is 11.6. The van der Waals surface area contributed by atoms with Gasteiger partial charge in [-0.05, 0) is 17.8 Å². The van der Waals surface area contributed by atoms with E-state index in [1.165, 1.54) is 17.8 Å². The van der Waals surface area contributed by atoms with Gasteiger partial charge in [-0.3, -0.25) is 4.79 Å². The smallest absolute Gasteiger partial charge is 0.226 e. The molecule has 0 spiro atoms. The Morgan fingerprint density at radius 1 is 1.75 bits per heavy atom. The summed E-state index contributed by atoms with van der Waals surface area (Å²) in [6.45, 7) is 5.24. The summed E-state index contributed by atoms with van der Waals surface area (Å²) in [6.07, 6.45) is 1.54. The first kappa shape index (κ1) is 11.4. The maximum atomic E-state index is 11.6. The molecular formula is C11H17N3OS. The summed E-state index contributed by atoms with van der Waals surface area (Å²) in [4.78, 5) is 15.6. The van der Waals surface area contributed by atoms with Crippen molar-refractivity contribution in [1.82, 2.24) is 10.3 Å². The molecular weight excluding hydrogens is 222 g/mol. The van der Waals surface area contributed by atoms with Gasteiger partial charge in [0.25, 0.3) is 0 Å². The lowest BCUT2D eigenvalue weighted by molar-refractivity contribution is -0.120. The molecule has 1 heterocycles. The molecule has 88 valence electrons. The number of aromatic nitrogens is 1. The minimum atomic E-state index is 0.0352. The number of hydrogen-bond acceptors (Lipinski definition) is 4. The normalized spacial score (nSPS) is 21.8. The fraction of sp³-hybridized carbons (Fsp3) is 0.636.